The fourth-order valence-electron chi connectivity index (χ4n) is 1.20. The molecule has 0 saturated heterocycles. The Kier molecular flexibility index (Phi) is 2.57. The molecule has 0 atom stereocenters. The Morgan fingerprint density at radius 3 is 2.88 bits per heavy atom. The van der Waals surface area contributed by atoms with Gasteiger partial charge in [-0.1, -0.05) is 11.8 Å². The van der Waals surface area contributed by atoms with Crippen LogP contribution in [0.1, 0.15) is 5.56 Å². The zero-order chi connectivity index (χ0) is 11.7. The number of aliphatic hydroxyl groups excluding tert-OH is 1. The predicted octanol–water partition coefficient (Wildman–Crippen LogP) is 0.440. The fraction of sp³-hybridized carbons (Fsp3) is 0.125. The molecule has 0 spiro atoms. The van der Waals surface area contributed by atoms with Gasteiger partial charge in [0.1, 0.15) is 0 Å². The van der Waals surface area contributed by atoms with Crippen LogP contribution in [0.2, 0.25) is 0 Å². The van der Waals surface area contributed by atoms with Crippen LogP contribution < -0.4 is 10.9 Å². The van der Waals surface area contributed by atoms with E-state index < -0.39 is 5.97 Å². The number of rotatable bonds is 2. The maximum Gasteiger partial charge on any atom is 0.357 e. The molecule has 1 aromatic heterocycles. The number of carboxylic acids is 1. The minimum absolute atomic E-state index is 0.258. The number of nitrogens with one attached hydrogen (secondary N) is 2. The number of aliphatic carboxylic acids is 1. The van der Waals surface area contributed by atoms with E-state index in [-0.39, 0.29) is 17.0 Å². The van der Waals surface area contributed by atoms with Gasteiger partial charge in [0.2, 0.25) is 0 Å². The van der Waals surface area contributed by atoms with Crippen molar-refractivity contribution >= 4 is 29.3 Å². The zero-order valence-electron chi connectivity index (χ0n) is 8.18. The minimum atomic E-state index is -1.26. The van der Waals surface area contributed by atoms with Crippen molar-refractivity contribution in [2.24, 2.45) is 0 Å². The van der Waals surface area contributed by atoms with Gasteiger partial charge in [0.05, 0.1) is 5.56 Å². The second-order valence-corrected chi connectivity index (χ2v) is 3.67. The number of hydrazine groups is 1. The highest BCUT2D eigenvalue weighted by molar-refractivity contribution is 7.98. The molecule has 2 heterocycles. The average molecular weight is 240 g/mol. The topological polar surface area (TPSA) is 107 Å². The predicted molar refractivity (Wildman–Crippen MR) is 57.8 cm³/mol. The lowest BCUT2D eigenvalue weighted by molar-refractivity contribution is -0.133. The molecule has 16 heavy (non-hydrogen) atoms. The van der Waals surface area contributed by atoms with Crippen LogP contribution in [0.5, 0.6) is 0 Å². The van der Waals surface area contributed by atoms with Crippen LogP contribution in [0.15, 0.2) is 17.1 Å². The van der Waals surface area contributed by atoms with E-state index in [1.165, 1.54) is 18.0 Å². The number of aliphatic hydroxyl groups is 1. The second kappa shape index (κ2) is 3.89. The van der Waals surface area contributed by atoms with Crippen LogP contribution in [0, 0.1) is 0 Å². The molecule has 0 bridgehead atoms. The van der Waals surface area contributed by atoms with E-state index in [1.807, 2.05) is 6.26 Å². The number of aromatic nitrogens is 2. The van der Waals surface area contributed by atoms with Crippen LogP contribution in [0.4, 0.5) is 5.82 Å². The lowest BCUT2D eigenvalue weighted by Gasteiger charge is -2.19. The van der Waals surface area contributed by atoms with Crippen molar-refractivity contribution in [3.63, 3.8) is 0 Å². The SMILES string of the molecule is CSc1ncc2c(n1)NNC(C(=O)O)=C2O. The number of hydrogen-bond acceptors (Lipinski definition) is 7. The van der Waals surface area contributed by atoms with Gasteiger partial charge in [-0.2, -0.15) is 0 Å². The Balaban J connectivity index is 2.51. The molecule has 0 aliphatic carbocycles. The van der Waals surface area contributed by atoms with Crippen molar-refractivity contribution in [3.05, 3.63) is 17.5 Å². The molecule has 0 radical (unpaired) electrons. The molecule has 0 aromatic carbocycles. The third-order valence-corrected chi connectivity index (χ3v) is 2.52. The third kappa shape index (κ3) is 1.63. The zero-order valence-corrected chi connectivity index (χ0v) is 9.00. The maximum absolute atomic E-state index is 10.7. The van der Waals surface area contributed by atoms with Crippen molar-refractivity contribution in [1.82, 2.24) is 15.4 Å². The van der Waals surface area contributed by atoms with Crippen LogP contribution >= 0.6 is 11.8 Å². The maximum atomic E-state index is 10.7. The first-order valence-corrected chi connectivity index (χ1v) is 5.46. The first-order chi connectivity index (χ1) is 7.63. The van der Waals surface area contributed by atoms with E-state index in [0.29, 0.717) is 11.0 Å². The highest BCUT2D eigenvalue weighted by Gasteiger charge is 2.24. The first kappa shape index (κ1) is 10.6. The molecule has 1 aromatic rings. The Bertz CT molecular complexity index is 488. The van der Waals surface area contributed by atoms with Crippen molar-refractivity contribution in [1.29, 1.82) is 0 Å². The van der Waals surface area contributed by atoms with E-state index in [9.17, 15) is 9.90 Å². The van der Waals surface area contributed by atoms with Gasteiger partial charge in [-0.15, -0.1) is 0 Å². The summed E-state index contributed by atoms with van der Waals surface area (Å²) in [4.78, 5) is 18.8. The molecule has 0 amide bonds. The molecular formula is C8H8N4O3S. The van der Waals surface area contributed by atoms with E-state index in [1.54, 1.807) is 0 Å². The molecule has 0 saturated carbocycles. The van der Waals surface area contributed by atoms with Gasteiger partial charge < -0.3 is 10.2 Å². The first-order valence-electron chi connectivity index (χ1n) is 4.23. The van der Waals surface area contributed by atoms with Crippen molar-refractivity contribution in [2.75, 3.05) is 11.7 Å². The molecule has 84 valence electrons. The number of anilines is 1. The van der Waals surface area contributed by atoms with E-state index >= 15 is 0 Å². The van der Waals surface area contributed by atoms with Gasteiger partial charge in [-0.05, 0) is 6.26 Å². The van der Waals surface area contributed by atoms with Gasteiger partial charge in [-0.25, -0.2) is 14.8 Å². The van der Waals surface area contributed by atoms with Gasteiger partial charge in [0.25, 0.3) is 0 Å². The lowest BCUT2D eigenvalue weighted by atomic mass is 10.2. The third-order valence-electron chi connectivity index (χ3n) is 1.96. The van der Waals surface area contributed by atoms with Gasteiger partial charge in [0, 0.05) is 6.20 Å². The molecule has 8 heteroatoms. The Morgan fingerprint density at radius 2 is 2.25 bits per heavy atom. The molecule has 2 rings (SSSR count). The number of carbonyl (C=O) groups is 1. The molecular weight excluding hydrogens is 232 g/mol. The summed E-state index contributed by atoms with van der Waals surface area (Å²) in [5.41, 5.74) is 4.87. The monoisotopic (exact) mass is 240 g/mol. The van der Waals surface area contributed by atoms with E-state index in [0.717, 1.165) is 0 Å². The summed E-state index contributed by atoms with van der Waals surface area (Å²) >= 11 is 1.35. The highest BCUT2D eigenvalue weighted by Crippen LogP contribution is 2.26. The Morgan fingerprint density at radius 1 is 1.50 bits per heavy atom. The summed E-state index contributed by atoms with van der Waals surface area (Å²) in [6.45, 7) is 0. The van der Waals surface area contributed by atoms with Gasteiger partial charge >= 0.3 is 5.97 Å². The second-order valence-electron chi connectivity index (χ2n) is 2.90. The molecule has 1 aliphatic heterocycles. The number of carboxylic acid groups (broad SMARTS) is 1. The standard InChI is InChI=1S/C8H8N4O3S/c1-16-8-9-2-3-5(13)4(7(14)15)11-12-6(3)10-8/h2,11,13H,1H3,(H,14,15)(H,9,10,12). The van der Waals surface area contributed by atoms with Crippen LogP contribution in [-0.2, 0) is 4.79 Å². The van der Waals surface area contributed by atoms with Crippen molar-refractivity contribution in [2.45, 2.75) is 5.16 Å². The number of nitrogens with zero attached hydrogens (tertiary/aromatic N) is 2. The average Bonchev–Trinajstić information content (AvgIpc) is 2.28. The minimum Gasteiger partial charge on any atom is -0.505 e. The molecule has 0 unspecified atom stereocenters. The van der Waals surface area contributed by atoms with Crippen LogP contribution in [-0.4, -0.2) is 32.4 Å². The van der Waals surface area contributed by atoms with Crippen molar-refractivity contribution in [3.8, 4) is 0 Å². The summed E-state index contributed by atoms with van der Waals surface area (Å²) in [5, 5.41) is 19.0. The summed E-state index contributed by atoms with van der Waals surface area (Å²) in [5.74, 6) is -1.29. The van der Waals surface area contributed by atoms with E-state index in [2.05, 4.69) is 20.8 Å². The molecule has 1 aliphatic rings. The Labute approximate surface area is 94.6 Å². The Hall–Kier alpha value is -1.96. The number of fused-ring (bicyclic) bond motifs is 1. The van der Waals surface area contributed by atoms with Gasteiger partial charge in [0.15, 0.2) is 22.4 Å². The fourth-order valence-corrected chi connectivity index (χ4v) is 1.54. The van der Waals surface area contributed by atoms with Gasteiger partial charge in [-0.3, -0.25) is 10.9 Å². The summed E-state index contributed by atoms with van der Waals surface area (Å²) < 4.78 is 0. The van der Waals surface area contributed by atoms with Crippen LogP contribution in [0.25, 0.3) is 5.76 Å². The number of hydrogen-bond donors (Lipinski definition) is 4. The molecule has 7 nitrogen and oxygen atoms in total. The lowest BCUT2D eigenvalue weighted by Crippen LogP contribution is -2.32. The molecule has 4 N–H and O–H groups in total. The normalized spacial score (nSPS) is 13.8. The smallest absolute Gasteiger partial charge is 0.357 e. The summed E-state index contributed by atoms with van der Waals surface area (Å²) in [6, 6.07) is 0. The summed E-state index contributed by atoms with van der Waals surface area (Å²) in [7, 11) is 0. The quantitative estimate of drug-likeness (QED) is 0.435. The number of thioether (sulfide) groups is 1. The largest absolute Gasteiger partial charge is 0.505 e. The van der Waals surface area contributed by atoms with Crippen molar-refractivity contribution < 1.29 is 15.0 Å². The van der Waals surface area contributed by atoms with E-state index in [4.69, 9.17) is 5.11 Å². The highest BCUT2D eigenvalue weighted by atomic mass is 32.2. The van der Waals surface area contributed by atoms with Crippen LogP contribution in [0.3, 0.4) is 0 Å². The molecule has 0 fully saturated rings. The summed E-state index contributed by atoms with van der Waals surface area (Å²) in [6.07, 6.45) is 3.19.